The topological polar surface area (TPSA) is 58.2 Å². The fourth-order valence-corrected chi connectivity index (χ4v) is 4.80. The first-order valence-corrected chi connectivity index (χ1v) is 8.43. The summed E-state index contributed by atoms with van der Waals surface area (Å²) in [7, 11) is -3.88. The van der Waals surface area contributed by atoms with E-state index in [-0.39, 0.29) is 26.9 Å². The molecule has 1 aromatic rings. The molecule has 2 rings (SSSR count). The molecule has 1 aromatic carbocycles. The largest absolute Gasteiger partial charge is 0.316 e. The Morgan fingerprint density at radius 3 is 2.50 bits per heavy atom. The van der Waals surface area contributed by atoms with Gasteiger partial charge in [0.2, 0.25) is 10.0 Å². The van der Waals surface area contributed by atoms with Crippen LogP contribution in [0.2, 0.25) is 10.0 Å². The highest BCUT2D eigenvalue weighted by atomic mass is 35.5. The van der Waals surface area contributed by atoms with Crippen molar-refractivity contribution in [2.24, 2.45) is 5.92 Å². The molecule has 1 fully saturated rings. The molecule has 1 aliphatic heterocycles. The van der Waals surface area contributed by atoms with E-state index in [4.69, 9.17) is 23.2 Å². The molecule has 0 spiro atoms. The van der Waals surface area contributed by atoms with Gasteiger partial charge in [-0.2, -0.15) is 0 Å². The molecule has 2 unspecified atom stereocenters. The van der Waals surface area contributed by atoms with Crippen LogP contribution in [0.25, 0.3) is 0 Å². The molecule has 4 nitrogen and oxygen atoms in total. The second-order valence-corrected chi connectivity index (χ2v) is 7.36. The Kier molecular flexibility index (Phi) is 4.92. The lowest BCUT2D eigenvalue weighted by atomic mass is 9.97. The third-order valence-electron chi connectivity index (χ3n) is 3.32. The lowest BCUT2D eigenvalue weighted by Gasteiger charge is -2.30. The lowest BCUT2D eigenvalue weighted by molar-refractivity contribution is 0.328. The Morgan fingerprint density at radius 1 is 1.35 bits per heavy atom. The fourth-order valence-electron chi connectivity index (χ4n) is 2.23. The standard InChI is InChI=1S/C12H15Cl2FN2O2S/c1-7-6-16-3-2-11(7)17-20(18,19)12-9(13)4-8(15)5-10(12)14/h4-5,7,11,16-17H,2-3,6H2,1H3. The summed E-state index contributed by atoms with van der Waals surface area (Å²) in [5.74, 6) is -0.522. The maximum absolute atomic E-state index is 13.1. The smallest absolute Gasteiger partial charge is 0.243 e. The van der Waals surface area contributed by atoms with Gasteiger partial charge >= 0.3 is 0 Å². The summed E-state index contributed by atoms with van der Waals surface area (Å²) in [6, 6.07) is 1.68. The van der Waals surface area contributed by atoms with Crippen molar-refractivity contribution in [3.05, 3.63) is 28.0 Å². The number of halogens is 3. The van der Waals surface area contributed by atoms with Gasteiger partial charge in [-0.05, 0) is 37.6 Å². The van der Waals surface area contributed by atoms with Gasteiger partial charge in [0.1, 0.15) is 10.7 Å². The van der Waals surface area contributed by atoms with E-state index in [9.17, 15) is 12.8 Å². The molecule has 20 heavy (non-hydrogen) atoms. The highest BCUT2D eigenvalue weighted by molar-refractivity contribution is 7.89. The molecule has 0 amide bonds. The summed E-state index contributed by atoms with van der Waals surface area (Å²) in [6.07, 6.45) is 0.677. The summed E-state index contributed by atoms with van der Waals surface area (Å²) in [4.78, 5) is -0.270. The van der Waals surface area contributed by atoms with E-state index in [1.54, 1.807) is 0 Å². The minimum atomic E-state index is -3.88. The van der Waals surface area contributed by atoms with Gasteiger partial charge in [-0.15, -0.1) is 0 Å². The first kappa shape index (κ1) is 16.0. The van der Waals surface area contributed by atoms with E-state index in [2.05, 4.69) is 10.0 Å². The van der Waals surface area contributed by atoms with Crippen molar-refractivity contribution in [1.82, 2.24) is 10.0 Å². The maximum atomic E-state index is 13.1. The number of hydrogen-bond acceptors (Lipinski definition) is 3. The van der Waals surface area contributed by atoms with Gasteiger partial charge in [-0.3, -0.25) is 0 Å². The Hall–Kier alpha value is -0.400. The molecular formula is C12H15Cl2FN2O2S. The van der Waals surface area contributed by atoms with Crippen molar-refractivity contribution in [3.8, 4) is 0 Å². The minimum absolute atomic E-state index is 0.150. The van der Waals surface area contributed by atoms with Crippen LogP contribution >= 0.6 is 23.2 Å². The number of piperidine rings is 1. The zero-order chi connectivity index (χ0) is 14.9. The van der Waals surface area contributed by atoms with Crippen LogP contribution in [-0.2, 0) is 10.0 Å². The summed E-state index contributed by atoms with van der Waals surface area (Å²) in [6.45, 7) is 3.42. The first-order valence-electron chi connectivity index (χ1n) is 6.19. The molecule has 0 bridgehead atoms. The molecule has 0 aliphatic carbocycles. The minimum Gasteiger partial charge on any atom is -0.316 e. The second kappa shape index (κ2) is 6.15. The van der Waals surface area contributed by atoms with Crippen molar-refractivity contribution < 1.29 is 12.8 Å². The van der Waals surface area contributed by atoms with Crippen LogP contribution in [-0.4, -0.2) is 27.5 Å². The van der Waals surface area contributed by atoms with Crippen molar-refractivity contribution in [2.45, 2.75) is 24.3 Å². The molecule has 1 aliphatic rings. The SMILES string of the molecule is CC1CNCCC1NS(=O)(=O)c1c(Cl)cc(F)cc1Cl. The lowest BCUT2D eigenvalue weighted by Crippen LogP contribution is -2.48. The fraction of sp³-hybridized carbons (Fsp3) is 0.500. The molecule has 2 N–H and O–H groups in total. The van der Waals surface area contributed by atoms with Gasteiger partial charge in [-0.1, -0.05) is 30.1 Å². The maximum Gasteiger partial charge on any atom is 0.243 e. The van der Waals surface area contributed by atoms with Gasteiger partial charge < -0.3 is 5.32 Å². The third kappa shape index (κ3) is 3.43. The van der Waals surface area contributed by atoms with Crippen molar-refractivity contribution in [3.63, 3.8) is 0 Å². The van der Waals surface area contributed by atoms with Crippen molar-refractivity contribution in [2.75, 3.05) is 13.1 Å². The average molecular weight is 341 g/mol. The molecule has 8 heteroatoms. The quantitative estimate of drug-likeness (QED) is 0.888. The van der Waals surface area contributed by atoms with Crippen LogP contribution in [0.5, 0.6) is 0 Å². The average Bonchev–Trinajstić information content (AvgIpc) is 2.30. The van der Waals surface area contributed by atoms with Crippen molar-refractivity contribution in [1.29, 1.82) is 0 Å². The second-order valence-electron chi connectivity index (χ2n) is 4.90. The number of hydrogen-bond donors (Lipinski definition) is 2. The van der Waals surface area contributed by atoms with Crippen LogP contribution in [0, 0.1) is 11.7 Å². The Bertz CT molecular complexity index is 586. The van der Waals surface area contributed by atoms with Crippen LogP contribution in [0.15, 0.2) is 17.0 Å². The van der Waals surface area contributed by atoms with E-state index < -0.39 is 15.8 Å². The monoisotopic (exact) mass is 340 g/mol. The Labute approximate surface area is 127 Å². The number of sulfonamides is 1. The molecule has 0 aromatic heterocycles. The van der Waals surface area contributed by atoms with Crippen molar-refractivity contribution >= 4 is 33.2 Å². The number of nitrogens with one attached hydrogen (secondary N) is 2. The Balaban J connectivity index is 2.31. The molecule has 0 saturated carbocycles. The normalized spacial score (nSPS) is 23.8. The van der Waals surface area contributed by atoms with Crippen LogP contribution in [0.3, 0.4) is 0 Å². The predicted molar refractivity (Wildman–Crippen MR) is 77.2 cm³/mol. The zero-order valence-electron chi connectivity index (χ0n) is 10.8. The summed E-state index contributed by atoms with van der Waals surface area (Å²) in [5, 5.41) is 2.75. The number of benzene rings is 1. The number of rotatable bonds is 3. The summed E-state index contributed by atoms with van der Waals surface area (Å²) < 4.78 is 40.5. The molecule has 0 radical (unpaired) electrons. The molecular weight excluding hydrogens is 326 g/mol. The van der Waals surface area contributed by atoms with Crippen LogP contribution in [0.4, 0.5) is 4.39 Å². The van der Waals surface area contributed by atoms with Gasteiger partial charge in [0.05, 0.1) is 10.0 Å². The van der Waals surface area contributed by atoms with E-state index >= 15 is 0 Å². The molecule has 1 heterocycles. The van der Waals surface area contributed by atoms with E-state index in [0.29, 0.717) is 6.42 Å². The Morgan fingerprint density at radius 2 is 1.95 bits per heavy atom. The first-order chi connectivity index (χ1) is 9.31. The van der Waals surface area contributed by atoms with Crippen LogP contribution < -0.4 is 10.0 Å². The van der Waals surface area contributed by atoms with Gasteiger partial charge in [-0.25, -0.2) is 17.5 Å². The zero-order valence-corrected chi connectivity index (χ0v) is 13.1. The molecule has 2 atom stereocenters. The van der Waals surface area contributed by atoms with Gasteiger partial charge in [0.25, 0.3) is 0 Å². The van der Waals surface area contributed by atoms with Gasteiger partial charge in [0, 0.05) is 6.04 Å². The summed E-state index contributed by atoms with van der Waals surface area (Å²) in [5.41, 5.74) is 0. The molecule has 1 saturated heterocycles. The van der Waals surface area contributed by atoms with Gasteiger partial charge in [0.15, 0.2) is 0 Å². The van der Waals surface area contributed by atoms with E-state index in [1.807, 2.05) is 6.92 Å². The summed E-state index contributed by atoms with van der Waals surface area (Å²) >= 11 is 11.6. The van der Waals surface area contributed by atoms with E-state index in [0.717, 1.165) is 25.2 Å². The molecule has 112 valence electrons. The highest BCUT2D eigenvalue weighted by Crippen LogP contribution is 2.31. The van der Waals surface area contributed by atoms with Crippen LogP contribution in [0.1, 0.15) is 13.3 Å². The predicted octanol–water partition coefficient (Wildman–Crippen LogP) is 2.41. The third-order valence-corrected chi connectivity index (χ3v) is 5.73. The van der Waals surface area contributed by atoms with E-state index in [1.165, 1.54) is 0 Å². The highest BCUT2D eigenvalue weighted by Gasteiger charge is 2.29.